The van der Waals surface area contributed by atoms with Crippen molar-refractivity contribution in [2.45, 2.75) is 19.3 Å². The Balaban J connectivity index is 0.000000246. The number of pyridine rings is 3. The highest BCUT2D eigenvalue weighted by molar-refractivity contribution is 9.10. The maximum atomic E-state index is 10.5. The fourth-order valence-corrected chi connectivity index (χ4v) is 5.13. The number of amides is 1. The molecule has 0 atom stereocenters. The number of hydrogen-bond acceptors (Lipinski definition) is 7. The van der Waals surface area contributed by atoms with Crippen LogP contribution in [0.5, 0.6) is 0 Å². The van der Waals surface area contributed by atoms with E-state index in [0.717, 1.165) is 46.9 Å². The van der Waals surface area contributed by atoms with Gasteiger partial charge in [-0.05, 0) is 101 Å². The van der Waals surface area contributed by atoms with Gasteiger partial charge in [0, 0.05) is 36.0 Å². The Morgan fingerprint density at radius 3 is 2.52 bits per heavy atom. The highest BCUT2D eigenvalue weighted by atomic mass is 79.9. The third-order valence-corrected chi connectivity index (χ3v) is 7.09. The number of carbonyl (C=O) groups excluding carboxylic acids is 1. The zero-order valence-corrected chi connectivity index (χ0v) is 22.9. The standard InChI is InChI=1S/C23H19N7.C6H5BrN2O/c24-21-18(6-2-11-25-21)22-27-19-9-10-20(29-13-3-12-26-29)28-23(19)30(22)17-8-7-15-4-1-5-16(15)14-17;7-5-3-4(6(8)10)1-2-9-5/h2-3,6-14H,1,4-5H2,(H2,24,25);1-3H,(H2,8,10). The van der Waals surface area contributed by atoms with Crippen LogP contribution in [0.25, 0.3) is 34.1 Å². The molecule has 7 rings (SSSR count). The number of imidazole rings is 1. The van der Waals surface area contributed by atoms with Gasteiger partial charge in [0.2, 0.25) is 5.91 Å². The molecular weight excluding hydrogens is 570 g/mol. The van der Waals surface area contributed by atoms with Crippen LogP contribution < -0.4 is 11.5 Å². The Morgan fingerprint density at radius 1 is 0.900 bits per heavy atom. The van der Waals surface area contributed by atoms with Gasteiger partial charge in [0.05, 0.1) is 5.56 Å². The second-order valence-electron chi connectivity index (χ2n) is 9.21. The zero-order valence-electron chi connectivity index (χ0n) is 21.3. The van der Waals surface area contributed by atoms with E-state index in [9.17, 15) is 4.79 Å². The van der Waals surface area contributed by atoms with Crippen molar-refractivity contribution in [3.63, 3.8) is 0 Å². The number of fused-ring (bicyclic) bond motifs is 2. The predicted molar refractivity (Wildman–Crippen MR) is 156 cm³/mol. The van der Waals surface area contributed by atoms with Crippen molar-refractivity contribution < 1.29 is 4.79 Å². The van der Waals surface area contributed by atoms with E-state index in [0.29, 0.717) is 16.0 Å². The maximum Gasteiger partial charge on any atom is 0.248 e. The van der Waals surface area contributed by atoms with Gasteiger partial charge in [-0.1, -0.05) is 6.07 Å². The van der Waals surface area contributed by atoms with Gasteiger partial charge in [0.1, 0.15) is 15.9 Å². The van der Waals surface area contributed by atoms with Gasteiger partial charge in [-0.2, -0.15) is 5.10 Å². The summed E-state index contributed by atoms with van der Waals surface area (Å²) in [4.78, 5) is 28.4. The number of benzene rings is 1. The summed E-state index contributed by atoms with van der Waals surface area (Å²) in [5.41, 5.74) is 17.9. The lowest BCUT2D eigenvalue weighted by Crippen LogP contribution is -2.10. The van der Waals surface area contributed by atoms with E-state index in [1.54, 1.807) is 29.2 Å². The summed E-state index contributed by atoms with van der Waals surface area (Å²) in [7, 11) is 0. The number of halogens is 1. The number of nitrogens with two attached hydrogens (primary N) is 2. The molecule has 11 heteroatoms. The molecule has 10 nitrogen and oxygen atoms in total. The Labute approximate surface area is 237 Å². The van der Waals surface area contributed by atoms with Crippen LogP contribution in [0.4, 0.5) is 5.82 Å². The second kappa shape index (κ2) is 10.7. The molecule has 0 saturated heterocycles. The predicted octanol–water partition coefficient (Wildman–Crippen LogP) is 4.68. The molecule has 1 aliphatic rings. The van der Waals surface area contributed by atoms with Crippen molar-refractivity contribution >= 4 is 38.8 Å². The highest BCUT2D eigenvalue weighted by Gasteiger charge is 2.20. The monoisotopic (exact) mass is 593 g/mol. The minimum atomic E-state index is -0.442. The summed E-state index contributed by atoms with van der Waals surface area (Å²) in [6.45, 7) is 0. The first-order valence-electron chi connectivity index (χ1n) is 12.6. The van der Waals surface area contributed by atoms with Gasteiger partial charge in [-0.25, -0.2) is 24.6 Å². The number of primary amides is 1. The summed E-state index contributed by atoms with van der Waals surface area (Å²) >= 11 is 3.11. The molecule has 0 bridgehead atoms. The van der Waals surface area contributed by atoms with E-state index in [4.69, 9.17) is 21.4 Å². The fraction of sp³-hybridized carbons (Fsp3) is 0.103. The molecule has 198 valence electrons. The number of hydrogen-bond donors (Lipinski definition) is 2. The summed E-state index contributed by atoms with van der Waals surface area (Å²) in [5.74, 6) is 1.48. The van der Waals surface area contributed by atoms with E-state index in [1.165, 1.54) is 23.7 Å². The number of nitrogens with zero attached hydrogens (tertiary/aromatic N) is 7. The zero-order chi connectivity index (χ0) is 27.6. The summed E-state index contributed by atoms with van der Waals surface area (Å²) in [6.07, 6.45) is 10.3. The second-order valence-corrected chi connectivity index (χ2v) is 10.0. The van der Waals surface area contributed by atoms with Gasteiger partial charge in [-0.3, -0.25) is 9.36 Å². The molecule has 0 saturated carbocycles. The van der Waals surface area contributed by atoms with Gasteiger partial charge >= 0.3 is 0 Å². The van der Waals surface area contributed by atoms with Gasteiger partial charge in [-0.15, -0.1) is 0 Å². The largest absolute Gasteiger partial charge is 0.383 e. The average molecular weight is 594 g/mol. The van der Waals surface area contributed by atoms with E-state index in [1.807, 2.05) is 36.5 Å². The van der Waals surface area contributed by atoms with Crippen LogP contribution >= 0.6 is 15.9 Å². The van der Waals surface area contributed by atoms with Crippen molar-refractivity contribution in [3.8, 4) is 22.9 Å². The van der Waals surface area contributed by atoms with Crippen LogP contribution in [-0.2, 0) is 12.8 Å². The molecule has 40 heavy (non-hydrogen) atoms. The molecule has 5 heterocycles. The quantitative estimate of drug-likeness (QED) is 0.282. The molecule has 5 aromatic heterocycles. The average Bonchev–Trinajstić information content (AvgIpc) is 3.73. The van der Waals surface area contributed by atoms with E-state index >= 15 is 0 Å². The number of anilines is 1. The third-order valence-electron chi connectivity index (χ3n) is 6.66. The van der Waals surface area contributed by atoms with Crippen LogP contribution in [0.1, 0.15) is 27.9 Å². The third kappa shape index (κ3) is 4.94. The van der Waals surface area contributed by atoms with Gasteiger partial charge in [0.15, 0.2) is 17.3 Å². The number of nitrogen functional groups attached to an aromatic ring is 1. The highest BCUT2D eigenvalue weighted by Crippen LogP contribution is 2.32. The van der Waals surface area contributed by atoms with Gasteiger partial charge in [0.25, 0.3) is 0 Å². The number of aromatic nitrogens is 7. The molecular formula is C29H24BrN9O. The first kappa shape index (κ1) is 25.4. The molecule has 6 aromatic rings. The van der Waals surface area contributed by atoms with Crippen molar-refractivity contribution in [3.05, 3.63) is 107 Å². The lowest BCUT2D eigenvalue weighted by atomic mass is 10.1. The Morgan fingerprint density at radius 2 is 1.77 bits per heavy atom. The van der Waals surface area contributed by atoms with E-state index in [2.05, 4.69) is 53.8 Å². The number of aryl methyl sites for hydroxylation is 2. The first-order valence-corrected chi connectivity index (χ1v) is 13.4. The number of carbonyl (C=O) groups is 1. The van der Waals surface area contributed by atoms with Crippen molar-refractivity contribution in [1.82, 2.24) is 34.3 Å². The van der Waals surface area contributed by atoms with Crippen LogP contribution in [0.2, 0.25) is 0 Å². The molecule has 0 fully saturated rings. The van der Waals surface area contributed by atoms with Crippen LogP contribution in [0.15, 0.2) is 90.1 Å². The molecule has 0 aliphatic heterocycles. The molecule has 0 spiro atoms. The Bertz CT molecular complexity index is 1850. The summed E-state index contributed by atoms with van der Waals surface area (Å²) in [6, 6.07) is 19.3. The topological polar surface area (TPSA) is 143 Å². The molecule has 1 amide bonds. The minimum Gasteiger partial charge on any atom is -0.383 e. The normalized spacial score (nSPS) is 12.1. The van der Waals surface area contributed by atoms with Gasteiger partial charge < -0.3 is 11.5 Å². The van der Waals surface area contributed by atoms with E-state index < -0.39 is 5.91 Å². The molecule has 4 N–H and O–H groups in total. The molecule has 1 aliphatic carbocycles. The smallest absolute Gasteiger partial charge is 0.248 e. The molecule has 0 radical (unpaired) electrons. The molecule has 1 aromatic carbocycles. The van der Waals surface area contributed by atoms with Crippen molar-refractivity contribution in [2.24, 2.45) is 5.73 Å². The van der Waals surface area contributed by atoms with Crippen molar-refractivity contribution in [1.29, 1.82) is 0 Å². The SMILES string of the molecule is NC(=O)c1ccnc(Br)c1.Nc1ncccc1-c1nc2ccc(-n3cccn3)nc2n1-c1ccc2c(c1)CCC2. The van der Waals surface area contributed by atoms with E-state index in [-0.39, 0.29) is 0 Å². The Kier molecular flexibility index (Phi) is 6.79. The van der Waals surface area contributed by atoms with Crippen LogP contribution in [0, 0.1) is 0 Å². The Hall–Kier alpha value is -4.90. The lowest BCUT2D eigenvalue weighted by Gasteiger charge is -2.12. The maximum absolute atomic E-state index is 10.5. The summed E-state index contributed by atoms with van der Waals surface area (Å²) < 4.78 is 4.44. The summed E-state index contributed by atoms with van der Waals surface area (Å²) in [5, 5.41) is 4.32. The lowest BCUT2D eigenvalue weighted by molar-refractivity contribution is 0.1000. The first-order chi connectivity index (χ1) is 19.5. The number of rotatable bonds is 4. The molecule has 0 unspecified atom stereocenters. The fourth-order valence-electron chi connectivity index (χ4n) is 4.76. The van der Waals surface area contributed by atoms with Crippen LogP contribution in [0.3, 0.4) is 0 Å². The van der Waals surface area contributed by atoms with Crippen molar-refractivity contribution in [2.75, 3.05) is 5.73 Å². The minimum absolute atomic E-state index is 0.442. The van der Waals surface area contributed by atoms with Crippen LogP contribution in [-0.4, -0.2) is 40.2 Å².